The third-order valence-electron chi connectivity index (χ3n) is 2.92. The average molecular weight is 212 g/mol. The van der Waals surface area contributed by atoms with E-state index in [0.29, 0.717) is 6.42 Å². The lowest BCUT2D eigenvalue weighted by atomic mass is 10.1. The molecule has 0 aliphatic carbocycles. The molecular weight excluding hydrogens is 192 g/mol. The van der Waals surface area contributed by atoms with Crippen molar-refractivity contribution in [1.29, 1.82) is 0 Å². The summed E-state index contributed by atoms with van der Waals surface area (Å²) in [5, 5.41) is 0. The molecule has 0 unspecified atom stereocenters. The third kappa shape index (κ3) is 3.22. The maximum atomic E-state index is 11.7. The van der Waals surface area contributed by atoms with E-state index in [9.17, 15) is 9.59 Å². The van der Waals surface area contributed by atoms with Gasteiger partial charge in [-0.2, -0.15) is 0 Å². The molecule has 1 saturated heterocycles. The lowest BCUT2D eigenvalue weighted by molar-refractivity contribution is -0.142. The van der Waals surface area contributed by atoms with E-state index in [0.717, 1.165) is 19.4 Å². The summed E-state index contributed by atoms with van der Waals surface area (Å²) in [6.07, 6.45) is 2.58. The topological polar surface area (TPSA) is 40.6 Å². The monoisotopic (exact) mass is 212 g/mol. The maximum absolute atomic E-state index is 11.7. The van der Waals surface area contributed by atoms with E-state index in [2.05, 4.69) is 0 Å². The molecule has 0 saturated carbocycles. The van der Waals surface area contributed by atoms with E-state index in [-0.39, 0.29) is 24.4 Å². The van der Waals surface area contributed by atoms with Crippen molar-refractivity contribution in [2.45, 2.75) is 39.2 Å². The Morgan fingerprint density at radius 2 is 2.13 bits per heavy atom. The number of carbonyl (C=O) groups is 2. The van der Waals surface area contributed by atoms with Crippen molar-refractivity contribution in [2.75, 3.05) is 20.1 Å². The quantitative estimate of drug-likeness (QED) is 0.696. The summed E-state index contributed by atoms with van der Waals surface area (Å²) in [7, 11) is 1.78. The SMILES string of the molecule is CC(C)N(C)C(=O)CN1CCCCC1=O. The van der Waals surface area contributed by atoms with E-state index >= 15 is 0 Å². The van der Waals surface area contributed by atoms with E-state index in [1.165, 1.54) is 0 Å². The van der Waals surface area contributed by atoms with Crippen molar-refractivity contribution in [3.63, 3.8) is 0 Å². The molecule has 2 amide bonds. The second kappa shape index (κ2) is 5.14. The maximum Gasteiger partial charge on any atom is 0.242 e. The van der Waals surface area contributed by atoms with Crippen molar-refractivity contribution >= 4 is 11.8 Å². The normalized spacial score (nSPS) is 17.1. The van der Waals surface area contributed by atoms with Crippen molar-refractivity contribution in [1.82, 2.24) is 9.80 Å². The molecule has 1 fully saturated rings. The molecule has 0 atom stereocenters. The summed E-state index contributed by atoms with van der Waals surface area (Å²) in [6.45, 7) is 4.91. The zero-order valence-electron chi connectivity index (χ0n) is 9.82. The minimum absolute atomic E-state index is 0.0280. The molecule has 1 aliphatic rings. The Bertz CT molecular complexity index is 251. The number of hydrogen-bond acceptors (Lipinski definition) is 2. The standard InChI is InChI=1S/C11H20N2O2/c1-9(2)12(3)11(15)8-13-7-5-4-6-10(13)14/h9H,4-8H2,1-3H3. The van der Waals surface area contributed by atoms with Crippen LogP contribution in [0.1, 0.15) is 33.1 Å². The fourth-order valence-corrected chi connectivity index (χ4v) is 1.59. The number of rotatable bonds is 3. The first-order chi connectivity index (χ1) is 7.02. The molecule has 86 valence electrons. The fourth-order valence-electron chi connectivity index (χ4n) is 1.59. The first kappa shape index (κ1) is 12.0. The summed E-state index contributed by atoms with van der Waals surface area (Å²) < 4.78 is 0. The van der Waals surface area contributed by atoms with Crippen LogP contribution < -0.4 is 0 Å². The summed E-state index contributed by atoms with van der Waals surface area (Å²) in [5.74, 6) is 0.145. The van der Waals surface area contributed by atoms with Gasteiger partial charge in [-0.3, -0.25) is 9.59 Å². The van der Waals surface area contributed by atoms with Crippen molar-refractivity contribution in [3.8, 4) is 0 Å². The summed E-state index contributed by atoms with van der Waals surface area (Å²) in [4.78, 5) is 26.6. The minimum atomic E-state index is 0.0280. The van der Waals surface area contributed by atoms with Gasteiger partial charge in [-0.05, 0) is 26.7 Å². The molecule has 0 bridgehead atoms. The number of amides is 2. The van der Waals surface area contributed by atoms with Crippen LogP contribution in [0.2, 0.25) is 0 Å². The van der Waals surface area contributed by atoms with Gasteiger partial charge in [0.05, 0.1) is 6.54 Å². The molecule has 0 aromatic rings. The molecule has 15 heavy (non-hydrogen) atoms. The minimum Gasteiger partial charge on any atom is -0.342 e. The Hall–Kier alpha value is -1.06. The van der Waals surface area contributed by atoms with Crippen LogP contribution in [0.25, 0.3) is 0 Å². The highest BCUT2D eigenvalue weighted by molar-refractivity contribution is 5.85. The smallest absolute Gasteiger partial charge is 0.242 e. The summed E-state index contributed by atoms with van der Waals surface area (Å²) >= 11 is 0. The van der Waals surface area contributed by atoms with Gasteiger partial charge < -0.3 is 9.80 Å². The number of likely N-dealkylation sites (tertiary alicyclic amines) is 1. The average Bonchev–Trinajstić information content (AvgIpc) is 2.20. The molecular formula is C11H20N2O2. The molecule has 0 aromatic carbocycles. The Kier molecular flexibility index (Phi) is 4.12. The highest BCUT2D eigenvalue weighted by Gasteiger charge is 2.22. The zero-order chi connectivity index (χ0) is 11.4. The molecule has 0 N–H and O–H groups in total. The second-order valence-electron chi connectivity index (χ2n) is 4.37. The van der Waals surface area contributed by atoms with Crippen LogP contribution >= 0.6 is 0 Å². The predicted molar refractivity (Wildman–Crippen MR) is 58.3 cm³/mol. The van der Waals surface area contributed by atoms with Gasteiger partial charge in [-0.25, -0.2) is 0 Å². The first-order valence-corrected chi connectivity index (χ1v) is 5.56. The zero-order valence-corrected chi connectivity index (χ0v) is 9.82. The van der Waals surface area contributed by atoms with Crippen LogP contribution in [0, 0.1) is 0 Å². The van der Waals surface area contributed by atoms with Crippen LogP contribution in [0.4, 0.5) is 0 Å². The van der Waals surface area contributed by atoms with Gasteiger partial charge in [0, 0.05) is 26.1 Å². The van der Waals surface area contributed by atoms with Crippen LogP contribution in [-0.4, -0.2) is 47.8 Å². The Morgan fingerprint density at radius 1 is 1.47 bits per heavy atom. The van der Waals surface area contributed by atoms with E-state index in [1.54, 1.807) is 16.8 Å². The lowest BCUT2D eigenvalue weighted by Gasteiger charge is -2.29. The summed E-state index contributed by atoms with van der Waals surface area (Å²) in [6, 6.07) is 0.192. The number of hydrogen-bond donors (Lipinski definition) is 0. The number of likely N-dealkylation sites (N-methyl/N-ethyl adjacent to an activating group) is 1. The second-order valence-corrected chi connectivity index (χ2v) is 4.37. The van der Waals surface area contributed by atoms with E-state index in [4.69, 9.17) is 0 Å². The molecule has 0 aromatic heterocycles. The van der Waals surface area contributed by atoms with Gasteiger partial charge in [0.25, 0.3) is 0 Å². The van der Waals surface area contributed by atoms with E-state index < -0.39 is 0 Å². The largest absolute Gasteiger partial charge is 0.342 e. The van der Waals surface area contributed by atoms with Gasteiger partial charge in [0.15, 0.2) is 0 Å². The predicted octanol–water partition coefficient (Wildman–Crippen LogP) is 0.866. The van der Waals surface area contributed by atoms with Gasteiger partial charge in [0.1, 0.15) is 0 Å². The first-order valence-electron chi connectivity index (χ1n) is 5.56. The van der Waals surface area contributed by atoms with Gasteiger partial charge in [0.2, 0.25) is 11.8 Å². The highest BCUT2D eigenvalue weighted by atomic mass is 16.2. The Morgan fingerprint density at radius 3 is 2.67 bits per heavy atom. The fraction of sp³-hybridized carbons (Fsp3) is 0.818. The number of nitrogens with zero attached hydrogens (tertiary/aromatic N) is 2. The third-order valence-corrected chi connectivity index (χ3v) is 2.92. The lowest BCUT2D eigenvalue weighted by Crippen LogP contribution is -2.45. The molecule has 4 heteroatoms. The van der Waals surface area contributed by atoms with Crippen molar-refractivity contribution in [2.24, 2.45) is 0 Å². The van der Waals surface area contributed by atoms with Gasteiger partial charge in [-0.15, -0.1) is 0 Å². The molecule has 0 radical (unpaired) electrons. The summed E-state index contributed by atoms with van der Waals surface area (Å²) in [5.41, 5.74) is 0. The highest BCUT2D eigenvalue weighted by Crippen LogP contribution is 2.10. The van der Waals surface area contributed by atoms with Crippen molar-refractivity contribution in [3.05, 3.63) is 0 Å². The van der Waals surface area contributed by atoms with Crippen LogP contribution in [-0.2, 0) is 9.59 Å². The van der Waals surface area contributed by atoms with Crippen molar-refractivity contribution < 1.29 is 9.59 Å². The molecule has 1 heterocycles. The Balaban J connectivity index is 2.46. The molecule has 0 spiro atoms. The van der Waals surface area contributed by atoms with Crippen LogP contribution in [0.5, 0.6) is 0 Å². The van der Waals surface area contributed by atoms with Gasteiger partial charge in [-0.1, -0.05) is 0 Å². The van der Waals surface area contributed by atoms with E-state index in [1.807, 2.05) is 13.8 Å². The molecule has 1 rings (SSSR count). The van der Waals surface area contributed by atoms with Crippen LogP contribution in [0.3, 0.4) is 0 Å². The molecule has 1 aliphatic heterocycles. The molecule has 4 nitrogen and oxygen atoms in total. The van der Waals surface area contributed by atoms with Gasteiger partial charge >= 0.3 is 0 Å². The number of carbonyl (C=O) groups excluding carboxylic acids is 2. The number of piperidine rings is 1. The van der Waals surface area contributed by atoms with Crippen LogP contribution in [0.15, 0.2) is 0 Å². The Labute approximate surface area is 91.2 Å².